The first-order valence-corrected chi connectivity index (χ1v) is 24.3. The van der Waals surface area contributed by atoms with E-state index in [-0.39, 0.29) is 49.5 Å². The van der Waals surface area contributed by atoms with Crippen LogP contribution in [0.15, 0.2) is 91.0 Å². The minimum Gasteiger partial charge on any atom is -0.493 e. The highest BCUT2D eigenvalue weighted by atomic mass is 16.5. The number of anilines is 3. The van der Waals surface area contributed by atoms with Crippen LogP contribution in [0.3, 0.4) is 0 Å². The number of hydrogen-bond donors (Lipinski definition) is 0. The number of ether oxygens (including phenoxy) is 6. The molecular formula is C56H63N3O9. The van der Waals surface area contributed by atoms with Crippen molar-refractivity contribution in [2.24, 2.45) is 0 Å². The number of nitrogens with zero attached hydrogens (tertiary/aromatic N) is 3. The van der Waals surface area contributed by atoms with E-state index in [0.717, 1.165) is 101 Å². The zero-order valence-electron chi connectivity index (χ0n) is 39.9. The lowest BCUT2D eigenvalue weighted by Gasteiger charge is -2.26. The van der Waals surface area contributed by atoms with Crippen LogP contribution in [-0.4, -0.2) is 83.6 Å². The maximum absolute atomic E-state index is 14.2. The monoisotopic (exact) mass is 921 g/mol. The molecule has 4 aliphatic rings. The van der Waals surface area contributed by atoms with E-state index in [1.807, 2.05) is 65.3 Å². The molecule has 4 heterocycles. The van der Waals surface area contributed by atoms with Crippen molar-refractivity contribution in [1.82, 2.24) is 0 Å². The Labute approximate surface area is 400 Å². The van der Waals surface area contributed by atoms with Gasteiger partial charge >= 0.3 is 5.97 Å². The fourth-order valence-electron chi connectivity index (χ4n) is 10.4. The summed E-state index contributed by atoms with van der Waals surface area (Å²) in [6, 6.07) is 30.9. The molecule has 2 atom stereocenters. The minimum atomic E-state index is -0.254. The molecule has 5 aromatic carbocycles. The summed E-state index contributed by atoms with van der Waals surface area (Å²) in [5, 5.41) is 0. The zero-order valence-corrected chi connectivity index (χ0v) is 39.9. The number of carbonyl (C=O) groups is 3. The summed E-state index contributed by atoms with van der Waals surface area (Å²) in [5.41, 5.74) is 11.4. The van der Waals surface area contributed by atoms with Crippen LogP contribution < -0.4 is 28.9 Å². The van der Waals surface area contributed by atoms with Gasteiger partial charge in [0.25, 0.3) is 11.8 Å². The van der Waals surface area contributed by atoms with Gasteiger partial charge < -0.3 is 43.1 Å². The molecule has 0 saturated carbocycles. The third-order valence-corrected chi connectivity index (χ3v) is 13.8. The standard InChI is InChI=1S/C56H63N3O9/c1-5-22-65-24-25-66-23-21-57(20-10-15-54(60)64-4)46-28-38(35-67-51-32-40-16-18-44-30-42-11-6-8-13-49(42)58(44)55(61)47(40)26-37(51)2)27-39(29-46)36-68-53-33-41-17-19-45-31-43-12-7-9-14-50(43)59(45)56(62)48(41)34-52(53)63-3/h6-9,11-14,26-29,32-34,44-45H,5,10,15-25,30-31,35-36H2,1-4H3/t44-,45-/m1/s1. The van der Waals surface area contributed by atoms with E-state index in [1.54, 1.807) is 7.11 Å². The lowest BCUT2D eigenvalue weighted by Crippen LogP contribution is -2.36. The molecule has 2 amide bonds. The van der Waals surface area contributed by atoms with Crippen LogP contribution in [0, 0.1) is 6.92 Å². The maximum Gasteiger partial charge on any atom is 0.305 e. The Kier molecular flexibility index (Phi) is 14.6. The molecule has 9 rings (SSSR count). The van der Waals surface area contributed by atoms with Gasteiger partial charge in [-0.15, -0.1) is 0 Å². The number of aryl methyl sites for hydroxylation is 3. The second-order valence-corrected chi connectivity index (χ2v) is 18.3. The summed E-state index contributed by atoms with van der Waals surface area (Å²) in [4.78, 5) is 46.7. The van der Waals surface area contributed by atoms with Crippen molar-refractivity contribution in [1.29, 1.82) is 0 Å². The number of fused-ring (bicyclic) bond motifs is 8. The van der Waals surface area contributed by atoms with Crippen LogP contribution in [0.4, 0.5) is 17.1 Å². The molecule has 0 spiro atoms. The average Bonchev–Trinajstić information content (AvgIpc) is 3.85. The predicted molar refractivity (Wildman–Crippen MR) is 263 cm³/mol. The lowest BCUT2D eigenvalue weighted by molar-refractivity contribution is -0.140. The van der Waals surface area contributed by atoms with Crippen molar-refractivity contribution in [2.45, 2.75) is 96.9 Å². The van der Waals surface area contributed by atoms with Gasteiger partial charge in [-0.3, -0.25) is 14.4 Å². The Hall–Kier alpha value is -6.37. The van der Waals surface area contributed by atoms with E-state index in [9.17, 15) is 14.4 Å². The molecule has 0 saturated heterocycles. The smallest absolute Gasteiger partial charge is 0.305 e. The molecule has 0 aliphatic carbocycles. The number of carbonyl (C=O) groups excluding carboxylic acids is 3. The summed E-state index contributed by atoms with van der Waals surface area (Å²) in [6.07, 6.45) is 6.79. The number of esters is 1. The summed E-state index contributed by atoms with van der Waals surface area (Å²) in [6.45, 7) is 7.91. The van der Waals surface area contributed by atoms with E-state index in [4.69, 9.17) is 28.4 Å². The molecule has 0 unspecified atom stereocenters. The molecule has 68 heavy (non-hydrogen) atoms. The van der Waals surface area contributed by atoms with Gasteiger partial charge in [0, 0.05) is 66.4 Å². The first-order valence-electron chi connectivity index (χ1n) is 24.3. The van der Waals surface area contributed by atoms with Crippen molar-refractivity contribution < 1.29 is 42.8 Å². The van der Waals surface area contributed by atoms with Gasteiger partial charge in [-0.05, 0) is 152 Å². The second-order valence-electron chi connectivity index (χ2n) is 18.3. The van der Waals surface area contributed by atoms with E-state index >= 15 is 0 Å². The number of benzene rings is 5. The van der Waals surface area contributed by atoms with Crippen molar-refractivity contribution in [2.75, 3.05) is 68.4 Å². The van der Waals surface area contributed by atoms with Gasteiger partial charge in [0.2, 0.25) is 0 Å². The van der Waals surface area contributed by atoms with Crippen molar-refractivity contribution in [3.05, 3.63) is 141 Å². The van der Waals surface area contributed by atoms with E-state index in [0.29, 0.717) is 63.0 Å². The molecule has 12 heteroatoms. The Balaban J connectivity index is 0.978. The van der Waals surface area contributed by atoms with Gasteiger partial charge in [-0.25, -0.2) is 0 Å². The first kappa shape index (κ1) is 46.7. The quantitative estimate of drug-likeness (QED) is 0.0553. The summed E-state index contributed by atoms with van der Waals surface area (Å²) < 4.78 is 35.9. The second kappa shape index (κ2) is 21.3. The van der Waals surface area contributed by atoms with Crippen LogP contribution in [0.2, 0.25) is 0 Å². The Morgan fingerprint density at radius 1 is 0.647 bits per heavy atom. The van der Waals surface area contributed by atoms with E-state index < -0.39 is 0 Å². The van der Waals surface area contributed by atoms with Gasteiger partial charge in [-0.2, -0.15) is 0 Å². The third kappa shape index (κ3) is 10.1. The molecule has 0 N–H and O–H groups in total. The third-order valence-electron chi connectivity index (χ3n) is 13.8. The van der Waals surface area contributed by atoms with Gasteiger partial charge in [-0.1, -0.05) is 43.3 Å². The topological polar surface area (TPSA) is 116 Å². The SMILES string of the molecule is CCCOCCOCCN(CCCC(=O)OC)c1cc(COc2cc3c(cc2C)C(=O)N2c4ccccc4C[C@H]2CC3)cc(COc2cc3c(cc2OC)C(=O)N2c4ccccc4C[C@H]2CC3)c1. The normalized spacial score (nSPS) is 16.7. The van der Waals surface area contributed by atoms with Crippen LogP contribution >= 0.6 is 0 Å². The molecule has 0 aromatic heterocycles. The highest BCUT2D eigenvalue weighted by molar-refractivity contribution is 6.10. The van der Waals surface area contributed by atoms with E-state index in [1.165, 1.54) is 18.2 Å². The Morgan fingerprint density at radius 3 is 1.82 bits per heavy atom. The molecule has 5 aromatic rings. The summed E-state index contributed by atoms with van der Waals surface area (Å²) >= 11 is 0. The number of rotatable bonds is 20. The van der Waals surface area contributed by atoms with E-state index in [2.05, 4.69) is 54.3 Å². The number of methoxy groups -OCH3 is 2. The highest BCUT2D eigenvalue weighted by Crippen LogP contribution is 2.42. The number of hydrogen-bond acceptors (Lipinski definition) is 10. The summed E-state index contributed by atoms with van der Waals surface area (Å²) in [7, 11) is 3.02. The van der Waals surface area contributed by atoms with Gasteiger partial charge in [0.1, 0.15) is 19.0 Å². The fourth-order valence-corrected chi connectivity index (χ4v) is 10.4. The van der Waals surface area contributed by atoms with Crippen LogP contribution in [0.1, 0.15) is 98.7 Å². The number of amides is 2. The Bertz CT molecular complexity index is 2650. The van der Waals surface area contributed by atoms with Crippen LogP contribution in [0.5, 0.6) is 17.2 Å². The number of para-hydroxylation sites is 2. The fraction of sp³-hybridized carbons (Fsp3) is 0.411. The molecular weight excluding hydrogens is 859 g/mol. The predicted octanol–water partition coefficient (Wildman–Crippen LogP) is 9.40. The van der Waals surface area contributed by atoms with Crippen molar-refractivity contribution in [3.8, 4) is 17.2 Å². The molecule has 0 radical (unpaired) electrons. The average molecular weight is 922 g/mol. The first-order chi connectivity index (χ1) is 33.2. The Morgan fingerprint density at radius 2 is 1.22 bits per heavy atom. The molecule has 0 bridgehead atoms. The van der Waals surface area contributed by atoms with Crippen molar-refractivity contribution in [3.63, 3.8) is 0 Å². The summed E-state index contributed by atoms with van der Waals surface area (Å²) in [5.74, 6) is 1.58. The van der Waals surface area contributed by atoms with Gasteiger partial charge in [0.05, 0.1) is 34.0 Å². The highest BCUT2D eigenvalue weighted by Gasteiger charge is 2.39. The molecule has 4 aliphatic heterocycles. The largest absolute Gasteiger partial charge is 0.493 e. The maximum atomic E-state index is 14.2. The lowest BCUT2D eigenvalue weighted by atomic mass is 9.98. The van der Waals surface area contributed by atoms with Gasteiger partial charge in [0.15, 0.2) is 11.5 Å². The minimum absolute atomic E-state index is 0.0122. The molecule has 0 fully saturated rings. The van der Waals surface area contributed by atoms with Crippen LogP contribution in [0.25, 0.3) is 0 Å². The molecule has 12 nitrogen and oxygen atoms in total. The van der Waals surface area contributed by atoms with Crippen LogP contribution in [-0.2, 0) is 57.9 Å². The van der Waals surface area contributed by atoms with Crippen molar-refractivity contribution >= 4 is 34.8 Å². The zero-order chi connectivity index (χ0) is 47.1. The molecule has 356 valence electrons.